The van der Waals surface area contributed by atoms with Crippen LogP contribution in [0.3, 0.4) is 0 Å². The summed E-state index contributed by atoms with van der Waals surface area (Å²) in [6.07, 6.45) is -0.981. The third kappa shape index (κ3) is 5.64. The van der Waals surface area contributed by atoms with Gasteiger partial charge in [0.15, 0.2) is 17.6 Å². The number of hydrazine groups is 1. The average Bonchev–Trinajstić information content (AvgIpc) is 3.22. The summed E-state index contributed by atoms with van der Waals surface area (Å²) in [4.78, 5) is 27.8. The number of carbonyl (C=O) groups is 1. The first kappa shape index (κ1) is 25.9. The van der Waals surface area contributed by atoms with Crippen LogP contribution in [-0.2, 0) is 24.4 Å². The van der Waals surface area contributed by atoms with E-state index in [1.54, 1.807) is 42.6 Å². The topological polar surface area (TPSA) is 93.7 Å². The molecule has 1 aliphatic heterocycles. The van der Waals surface area contributed by atoms with E-state index in [1.165, 1.54) is 35.0 Å². The summed E-state index contributed by atoms with van der Waals surface area (Å²) in [7, 11) is 1.23. The fraction of sp³-hybridized carbons (Fsp3) is 0.240. The maximum atomic E-state index is 14.8. The lowest BCUT2D eigenvalue weighted by atomic mass is 10.1. The summed E-state index contributed by atoms with van der Waals surface area (Å²) < 4.78 is 63.5. The molecule has 1 amide bonds. The van der Waals surface area contributed by atoms with Crippen LogP contribution in [0.25, 0.3) is 0 Å². The predicted octanol–water partition coefficient (Wildman–Crippen LogP) is 2.97. The van der Waals surface area contributed by atoms with Crippen molar-refractivity contribution in [2.45, 2.75) is 31.9 Å². The van der Waals surface area contributed by atoms with Gasteiger partial charge in [0, 0.05) is 30.7 Å². The second kappa shape index (κ2) is 10.4. The summed E-state index contributed by atoms with van der Waals surface area (Å²) in [6, 6.07) is 10.6. The minimum absolute atomic E-state index is 0.0689. The van der Waals surface area contributed by atoms with E-state index in [4.69, 9.17) is 10.5 Å². The van der Waals surface area contributed by atoms with Gasteiger partial charge >= 0.3 is 6.18 Å². The smallest absolute Gasteiger partial charge is 0.410 e. The Morgan fingerprint density at radius 1 is 1.05 bits per heavy atom. The van der Waals surface area contributed by atoms with Crippen LogP contribution < -0.4 is 16.0 Å². The van der Waals surface area contributed by atoms with Crippen molar-refractivity contribution in [1.29, 1.82) is 0 Å². The Labute approximate surface area is 209 Å². The van der Waals surface area contributed by atoms with E-state index in [-0.39, 0.29) is 23.5 Å². The Bertz CT molecular complexity index is 1370. The van der Waals surface area contributed by atoms with Gasteiger partial charge in [0.25, 0.3) is 5.56 Å². The van der Waals surface area contributed by atoms with Crippen LogP contribution in [0.4, 0.5) is 17.6 Å². The molecule has 1 atom stereocenters. The summed E-state index contributed by atoms with van der Waals surface area (Å²) >= 11 is 0. The van der Waals surface area contributed by atoms with Gasteiger partial charge in [-0.15, -0.1) is 0 Å². The van der Waals surface area contributed by atoms with E-state index < -0.39 is 36.1 Å². The Kier molecular flexibility index (Phi) is 7.30. The van der Waals surface area contributed by atoms with Crippen molar-refractivity contribution in [2.24, 2.45) is 5.73 Å². The molecule has 1 unspecified atom stereocenters. The fourth-order valence-electron chi connectivity index (χ4n) is 4.09. The number of hydrogen-bond acceptors (Lipinski definition) is 6. The molecule has 2 aromatic heterocycles. The molecule has 0 saturated heterocycles. The van der Waals surface area contributed by atoms with Gasteiger partial charge in [0.2, 0.25) is 5.91 Å². The Morgan fingerprint density at radius 3 is 2.32 bits per heavy atom. The molecule has 12 heteroatoms. The minimum Gasteiger partial charge on any atom is -0.494 e. The molecule has 1 aromatic carbocycles. The van der Waals surface area contributed by atoms with Gasteiger partial charge in [-0.25, -0.2) is 4.39 Å². The van der Waals surface area contributed by atoms with Crippen LogP contribution in [0, 0.1) is 5.82 Å². The highest BCUT2D eigenvalue weighted by atomic mass is 19.4. The monoisotopic (exact) mass is 517 g/mol. The Balaban J connectivity index is 1.62. The van der Waals surface area contributed by atoms with Crippen molar-refractivity contribution < 1.29 is 27.1 Å². The molecule has 3 aromatic rings. The quantitative estimate of drug-likeness (QED) is 0.462. The van der Waals surface area contributed by atoms with Gasteiger partial charge < -0.3 is 20.0 Å². The maximum absolute atomic E-state index is 14.8. The molecule has 0 bridgehead atoms. The molecule has 2 N–H and O–H groups in total. The number of aromatic nitrogens is 2. The zero-order valence-corrected chi connectivity index (χ0v) is 19.7. The largest absolute Gasteiger partial charge is 0.494 e. The van der Waals surface area contributed by atoms with E-state index in [2.05, 4.69) is 4.98 Å². The first-order valence-corrected chi connectivity index (χ1v) is 11.1. The van der Waals surface area contributed by atoms with Gasteiger partial charge in [0.1, 0.15) is 0 Å². The van der Waals surface area contributed by atoms with E-state index >= 15 is 0 Å². The van der Waals surface area contributed by atoms with Gasteiger partial charge in [-0.05, 0) is 17.2 Å². The molecule has 0 spiro atoms. The van der Waals surface area contributed by atoms with E-state index in [0.29, 0.717) is 12.1 Å². The summed E-state index contributed by atoms with van der Waals surface area (Å²) in [5.41, 5.74) is 5.56. The lowest BCUT2D eigenvalue weighted by Crippen LogP contribution is -2.49. The number of amides is 1. The lowest BCUT2D eigenvalue weighted by molar-refractivity contribution is -0.199. The number of rotatable bonds is 8. The van der Waals surface area contributed by atoms with Crippen molar-refractivity contribution in [1.82, 2.24) is 19.6 Å². The van der Waals surface area contributed by atoms with Crippen LogP contribution in [0.2, 0.25) is 0 Å². The second-order valence-corrected chi connectivity index (χ2v) is 8.35. The summed E-state index contributed by atoms with van der Waals surface area (Å²) in [6.45, 7) is -0.353. The molecule has 194 valence electrons. The van der Waals surface area contributed by atoms with Crippen molar-refractivity contribution in [3.05, 3.63) is 106 Å². The normalized spacial score (nSPS) is 16.1. The molecule has 0 radical (unpaired) electrons. The maximum Gasteiger partial charge on any atom is 0.410 e. The van der Waals surface area contributed by atoms with Gasteiger partial charge in [-0.1, -0.05) is 30.3 Å². The SMILES string of the molecule is COc1ccnc(CN2C(C(F)(F)F)C(C(N)=O)=CN2Cc2ccc(Cn3ccccc3=O)cc2)c1F. The van der Waals surface area contributed by atoms with Crippen LogP contribution in [0.5, 0.6) is 5.75 Å². The third-order valence-electron chi connectivity index (χ3n) is 5.88. The highest BCUT2D eigenvalue weighted by Crippen LogP contribution is 2.37. The van der Waals surface area contributed by atoms with Crippen molar-refractivity contribution in [3.63, 3.8) is 0 Å². The number of methoxy groups -OCH3 is 1. The average molecular weight is 517 g/mol. The zero-order valence-electron chi connectivity index (χ0n) is 19.7. The number of carbonyl (C=O) groups excluding carboxylic acids is 1. The number of nitrogens with two attached hydrogens (primary N) is 1. The minimum atomic E-state index is -4.88. The van der Waals surface area contributed by atoms with Crippen LogP contribution in [-0.4, -0.2) is 44.8 Å². The first-order valence-electron chi connectivity index (χ1n) is 11.1. The standard InChI is InChI=1S/C25H23F4N5O3/c1-37-20-9-10-31-19(22(20)26)15-34-23(25(27,28)29)18(24(30)36)14-33(34)13-17-7-5-16(6-8-17)12-32-11-3-2-4-21(32)35/h2-11,14,23H,12-13,15H2,1H3,(H2,30,36). The summed E-state index contributed by atoms with van der Waals surface area (Å²) in [5.74, 6) is -2.31. The number of alkyl halides is 3. The number of ether oxygens (including phenoxy) is 1. The Hall–Kier alpha value is -4.19. The Morgan fingerprint density at radius 2 is 1.73 bits per heavy atom. The highest BCUT2D eigenvalue weighted by molar-refractivity contribution is 5.93. The molecule has 8 nitrogen and oxygen atoms in total. The molecule has 1 aliphatic rings. The number of primary amides is 1. The summed E-state index contributed by atoms with van der Waals surface area (Å²) in [5, 5.41) is 1.98. The van der Waals surface area contributed by atoms with E-state index in [0.717, 1.165) is 16.8 Å². The fourth-order valence-corrected chi connectivity index (χ4v) is 4.09. The number of nitrogens with zero attached hydrogens (tertiary/aromatic N) is 4. The third-order valence-corrected chi connectivity index (χ3v) is 5.88. The van der Waals surface area contributed by atoms with Crippen molar-refractivity contribution >= 4 is 5.91 Å². The van der Waals surface area contributed by atoms with Gasteiger partial charge in [0.05, 0.1) is 38.0 Å². The van der Waals surface area contributed by atoms with E-state index in [9.17, 15) is 27.2 Å². The van der Waals surface area contributed by atoms with Crippen molar-refractivity contribution in [3.8, 4) is 5.75 Å². The number of pyridine rings is 2. The molecule has 0 saturated carbocycles. The lowest BCUT2D eigenvalue weighted by Gasteiger charge is -2.34. The molecule has 0 aliphatic carbocycles. The number of benzene rings is 1. The van der Waals surface area contributed by atoms with Crippen LogP contribution in [0.1, 0.15) is 16.8 Å². The van der Waals surface area contributed by atoms with Crippen LogP contribution >= 0.6 is 0 Å². The predicted molar refractivity (Wildman–Crippen MR) is 125 cm³/mol. The highest BCUT2D eigenvalue weighted by Gasteiger charge is 2.52. The number of halogens is 4. The molecular formula is C25H23F4N5O3. The molecule has 4 rings (SSSR count). The molecule has 3 heterocycles. The van der Waals surface area contributed by atoms with Gasteiger partial charge in [-0.2, -0.15) is 18.2 Å². The zero-order chi connectivity index (χ0) is 26.7. The number of hydrogen-bond donors (Lipinski definition) is 1. The molecule has 0 fully saturated rings. The molecule has 37 heavy (non-hydrogen) atoms. The first-order chi connectivity index (χ1) is 17.6. The molecular weight excluding hydrogens is 494 g/mol. The van der Waals surface area contributed by atoms with Gasteiger partial charge in [-0.3, -0.25) is 14.6 Å². The second-order valence-electron chi connectivity index (χ2n) is 8.35. The van der Waals surface area contributed by atoms with E-state index in [1.807, 2.05) is 0 Å². The van der Waals surface area contributed by atoms with Crippen molar-refractivity contribution in [2.75, 3.05) is 7.11 Å². The van der Waals surface area contributed by atoms with Crippen LogP contribution in [0.15, 0.2) is 77.5 Å².